The Bertz CT molecular complexity index is 233. The zero-order valence-electron chi connectivity index (χ0n) is 10.1. The third-order valence-corrected chi connectivity index (χ3v) is 3.02. The molecule has 1 aliphatic rings. The van der Waals surface area contributed by atoms with Crippen molar-refractivity contribution in [1.82, 2.24) is 10.6 Å². The minimum atomic E-state index is -0.107. The van der Waals surface area contributed by atoms with Crippen molar-refractivity contribution in [2.75, 3.05) is 13.1 Å². The number of amides is 2. The molecule has 4 nitrogen and oxygen atoms in total. The van der Waals surface area contributed by atoms with Crippen molar-refractivity contribution in [3.05, 3.63) is 0 Å². The second-order valence-electron chi connectivity index (χ2n) is 4.36. The summed E-state index contributed by atoms with van der Waals surface area (Å²) in [7, 11) is 0. The topological polar surface area (TPSA) is 58.2 Å². The maximum atomic E-state index is 11.8. The molecule has 0 heterocycles. The van der Waals surface area contributed by atoms with Crippen LogP contribution in [-0.4, -0.2) is 24.9 Å². The Kier molecular flexibility index (Phi) is 5.90. The van der Waals surface area contributed by atoms with Gasteiger partial charge in [-0.05, 0) is 19.8 Å². The molecule has 0 aromatic heterocycles. The summed E-state index contributed by atoms with van der Waals surface area (Å²) in [5, 5.41) is 5.38. The largest absolute Gasteiger partial charge is 0.355 e. The van der Waals surface area contributed by atoms with Gasteiger partial charge in [-0.1, -0.05) is 25.7 Å². The molecular weight excluding hydrogens is 204 g/mol. The van der Waals surface area contributed by atoms with Crippen LogP contribution in [0.15, 0.2) is 0 Å². The second kappa shape index (κ2) is 7.25. The second-order valence-corrected chi connectivity index (χ2v) is 4.36. The number of carbonyl (C=O) groups excluding carboxylic acids is 2. The lowest BCUT2D eigenvalue weighted by Gasteiger charge is -2.13. The molecule has 0 bridgehead atoms. The van der Waals surface area contributed by atoms with Crippen molar-refractivity contribution in [3.8, 4) is 0 Å². The first-order valence-electron chi connectivity index (χ1n) is 6.28. The SMILES string of the molecule is CCNC(=O)CNC(=O)C1CCCCCC1. The standard InChI is InChI=1S/C12H22N2O2/c1-2-13-11(15)9-14-12(16)10-7-5-3-4-6-8-10/h10H,2-9H2,1H3,(H,13,15)(H,14,16). The number of nitrogens with one attached hydrogen (secondary N) is 2. The first kappa shape index (κ1) is 13.0. The van der Waals surface area contributed by atoms with Crippen LogP contribution in [0.25, 0.3) is 0 Å². The molecule has 0 aromatic carbocycles. The summed E-state index contributed by atoms with van der Waals surface area (Å²) in [6.45, 7) is 2.59. The number of carbonyl (C=O) groups is 2. The Morgan fingerprint density at radius 3 is 2.25 bits per heavy atom. The van der Waals surface area contributed by atoms with E-state index in [0.717, 1.165) is 25.7 Å². The average molecular weight is 226 g/mol. The van der Waals surface area contributed by atoms with Gasteiger partial charge in [0.25, 0.3) is 0 Å². The van der Waals surface area contributed by atoms with Crippen LogP contribution in [0.2, 0.25) is 0 Å². The van der Waals surface area contributed by atoms with Crippen molar-refractivity contribution in [3.63, 3.8) is 0 Å². The van der Waals surface area contributed by atoms with Crippen LogP contribution >= 0.6 is 0 Å². The molecule has 0 unspecified atom stereocenters. The van der Waals surface area contributed by atoms with Gasteiger partial charge >= 0.3 is 0 Å². The predicted molar refractivity (Wildman–Crippen MR) is 62.9 cm³/mol. The van der Waals surface area contributed by atoms with Gasteiger partial charge in [0.1, 0.15) is 0 Å². The van der Waals surface area contributed by atoms with E-state index in [1.807, 2.05) is 6.92 Å². The molecule has 0 saturated heterocycles. The molecule has 1 fully saturated rings. The molecule has 0 spiro atoms. The first-order valence-corrected chi connectivity index (χ1v) is 6.28. The monoisotopic (exact) mass is 226 g/mol. The van der Waals surface area contributed by atoms with E-state index in [-0.39, 0.29) is 24.3 Å². The van der Waals surface area contributed by atoms with Gasteiger partial charge in [0.15, 0.2) is 0 Å². The van der Waals surface area contributed by atoms with Crippen molar-refractivity contribution in [2.24, 2.45) is 5.92 Å². The van der Waals surface area contributed by atoms with Crippen LogP contribution in [0.4, 0.5) is 0 Å². The van der Waals surface area contributed by atoms with Crippen LogP contribution in [0.1, 0.15) is 45.4 Å². The predicted octanol–water partition coefficient (Wildman–Crippen LogP) is 1.21. The molecule has 2 N–H and O–H groups in total. The van der Waals surface area contributed by atoms with Gasteiger partial charge < -0.3 is 10.6 Å². The summed E-state index contributed by atoms with van der Waals surface area (Å²) in [4.78, 5) is 22.9. The average Bonchev–Trinajstić information content (AvgIpc) is 2.55. The number of hydrogen-bond acceptors (Lipinski definition) is 2. The van der Waals surface area contributed by atoms with Crippen LogP contribution in [-0.2, 0) is 9.59 Å². The van der Waals surface area contributed by atoms with Gasteiger partial charge in [0, 0.05) is 12.5 Å². The Morgan fingerprint density at radius 2 is 1.69 bits per heavy atom. The van der Waals surface area contributed by atoms with E-state index >= 15 is 0 Å². The summed E-state index contributed by atoms with van der Waals surface area (Å²) >= 11 is 0. The molecule has 2 amide bonds. The van der Waals surface area contributed by atoms with E-state index in [1.165, 1.54) is 12.8 Å². The van der Waals surface area contributed by atoms with Crippen molar-refractivity contribution in [1.29, 1.82) is 0 Å². The van der Waals surface area contributed by atoms with Gasteiger partial charge in [0.2, 0.25) is 11.8 Å². The smallest absolute Gasteiger partial charge is 0.239 e. The van der Waals surface area contributed by atoms with Crippen molar-refractivity contribution in [2.45, 2.75) is 45.4 Å². The normalized spacial score (nSPS) is 17.6. The number of hydrogen-bond donors (Lipinski definition) is 2. The molecular formula is C12H22N2O2. The van der Waals surface area contributed by atoms with E-state index in [2.05, 4.69) is 10.6 Å². The van der Waals surface area contributed by atoms with Crippen LogP contribution < -0.4 is 10.6 Å². The van der Waals surface area contributed by atoms with Crippen LogP contribution in [0.5, 0.6) is 0 Å². The molecule has 16 heavy (non-hydrogen) atoms. The minimum Gasteiger partial charge on any atom is -0.355 e. The van der Waals surface area contributed by atoms with E-state index in [9.17, 15) is 9.59 Å². The van der Waals surface area contributed by atoms with E-state index in [4.69, 9.17) is 0 Å². The van der Waals surface area contributed by atoms with Gasteiger partial charge in [-0.2, -0.15) is 0 Å². The minimum absolute atomic E-state index is 0.0492. The lowest BCUT2D eigenvalue weighted by molar-refractivity contribution is -0.128. The quantitative estimate of drug-likeness (QED) is 0.708. The zero-order valence-corrected chi connectivity index (χ0v) is 10.1. The van der Waals surface area contributed by atoms with Crippen LogP contribution in [0, 0.1) is 5.92 Å². The Hall–Kier alpha value is -1.06. The van der Waals surface area contributed by atoms with E-state index in [0.29, 0.717) is 6.54 Å². The third-order valence-electron chi connectivity index (χ3n) is 3.02. The highest BCUT2D eigenvalue weighted by atomic mass is 16.2. The maximum Gasteiger partial charge on any atom is 0.239 e. The summed E-state index contributed by atoms with van der Waals surface area (Å²) in [6.07, 6.45) is 6.70. The summed E-state index contributed by atoms with van der Waals surface area (Å²) in [5.41, 5.74) is 0. The number of likely N-dealkylation sites (N-methyl/N-ethyl adjacent to an activating group) is 1. The molecule has 0 aliphatic heterocycles. The molecule has 92 valence electrons. The van der Waals surface area contributed by atoms with E-state index < -0.39 is 0 Å². The fraction of sp³-hybridized carbons (Fsp3) is 0.833. The highest BCUT2D eigenvalue weighted by molar-refractivity contribution is 5.85. The van der Waals surface area contributed by atoms with Crippen molar-refractivity contribution >= 4 is 11.8 Å². The molecule has 1 aliphatic carbocycles. The van der Waals surface area contributed by atoms with Crippen LogP contribution in [0.3, 0.4) is 0 Å². The van der Waals surface area contributed by atoms with Gasteiger partial charge in [0.05, 0.1) is 6.54 Å². The van der Waals surface area contributed by atoms with Gasteiger partial charge in [-0.15, -0.1) is 0 Å². The zero-order chi connectivity index (χ0) is 11.8. The maximum absolute atomic E-state index is 11.8. The third kappa shape index (κ3) is 4.64. The highest BCUT2D eigenvalue weighted by Gasteiger charge is 2.19. The molecule has 0 atom stereocenters. The Balaban J connectivity index is 2.25. The molecule has 1 rings (SSSR count). The number of rotatable bonds is 4. The Morgan fingerprint density at radius 1 is 1.06 bits per heavy atom. The molecule has 0 aromatic rings. The Labute approximate surface area is 97.2 Å². The van der Waals surface area contributed by atoms with Gasteiger partial charge in [-0.25, -0.2) is 0 Å². The summed E-state index contributed by atoms with van der Waals surface area (Å²) in [6, 6.07) is 0. The molecule has 4 heteroatoms. The summed E-state index contributed by atoms with van der Waals surface area (Å²) in [5.74, 6) is 0.0644. The molecule has 0 radical (unpaired) electrons. The lowest BCUT2D eigenvalue weighted by atomic mass is 9.99. The lowest BCUT2D eigenvalue weighted by Crippen LogP contribution is -2.39. The van der Waals surface area contributed by atoms with Crippen molar-refractivity contribution < 1.29 is 9.59 Å². The fourth-order valence-electron chi connectivity index (χ4n) is 2.11. The summed E-state index contributed by atoms with van der Waals surface area (Å²) < 4.78 is 0. The fourth-order valence-corrected chi connectivity index (χ4v) is 2.11. The van der Waals surface area contributed by atoms with Gasteiger partial charge in [-0.3, -0.25) is 9.59 Å². The van der Waals surface area contributed by atoms with E-state index in [1.54, 1.807) is 0 Å². The molecule has 1 saturated carbocycles. The first-order chi connectivity index (χ1) is 7.74. The highest BCUT2D eigenvalue weighted by Crippen LogP contribution is 2.22.